The number of hydrogen-bond donors (Lipinski definition) is 0. The number of carbonyl (C=O) groups is 1. The Balaban J connectivity index is 1.43. The SMILES string of the molecule is COc1cccc(CC(=O)N2CCc3nc(N4CCCC4)nc(Oc4ccccc4OC)c3C2)c1. The first-order chi connectivity index (χ1) is 17.1. The third kappa shape index (κ3) is 5.01. The van der Waals surface area contributed by atoms with Gasteiger partial charge in [-0.1, -0.05) is 24.3 Å². The number of para-hydroxylation sites is 2. The van der Waals surface area contributed by atoms with Crippen LogP contribution in [-0.4, -0.2) is 54.6 Å². The zero-order chi connectivity index (χ0) is 24.2. The Morgan fingerprint density at radius 1 is 0.943 bits per heavy atom. The lowest BCUT2D eigenvalue weighted by molar-refractivity contribution is -0.131. The maximum atomic E-state index is 13.2. The van der Waals surface area contributed by atoms with Gasteiger partial charge in [0, 0.05) is 26.1 Å². The van der Waals surface area contributed by atoms with Gasteiger partial charge in [0.25, 0.3) is 0 Å². The minimum absolute atomic E-state index is 0.0516. The number of hydrogen-bond acceptors (Lipinski definition) is 7. The Morgan fingerprint density at radius 3 is 2.51 bits per heavy atom. The molecule has 2 aliphatic heterocycles. The molecule has 35 heavy (non-hydrogen) atoms. The Hall–Kier alpha value is -3.81. The highest BCUT2D eigenvalue weighted by Gasteiger charge is 2.28. The van der Waals surface area contributed by atoms with E-state index in [4.69, 9.17) is 24.2 Å². The fourth-order valence-corrected chi connectivity index (χ4v) is 4.60. The largest absolute Gasteiger partial charge is 0.497 e. The van der Waals surface area contributed by atoms with E-state index < -0.39 is 0 Å². The number of amides is 1. The van der Waals surface area contributed by atoms with Crippen molar-refractivity contribution >= 4 is 11.9 Å². The van der Waals surface area contributed by atoms with E-state index in [-0.39, 0.29) is 5.91 Å². The molecule has 0 saturated carbocycles. The minimum Gasteiger partial charge on any atom is -0.497 e. The zero-order valence-corrected chi connectivity index (χ0v) is 20.2. The molecule has 3 aromatic rings. The molecule has 8 nitrogen and oxygen atoms in total. The highest BCUT2D eigenvalue weighted by atomic mass is 16.5. The summed E-state index contributed by atoms with van der Waals surface area (Å²) in [5.41, 5.74) is 2.72. The van der Waals surface area contributed by atoms with Gasteiger partial charge in [-0.2, -0.15) is 4.98 Å². The van der Waals surface area contributed by atoms with Crippen molar-refractivity contribution in [2.45, 2.75) is 32.2 Å². The van der Waals surface area contributed by atoms with Gasteiger partial charge in [-0.15, -0.1) is 0 Å². The molecule has 1 amide bonds. The standard InChI is InChI=1S/C27H30N4O4/c1-33-20-9-7-8-19(16-20)17-25(32)31-15-12-22-21(18-31)26(29-27(28-22)30-13-5-6-14-30)35-24-11-4-3-10-23(24)34-2/h3-4,7-11,16H,5-6,12-15,17-18H2,1-2H3. The number of ether oxygens (including phenoxy) is 3. The summed E-state index contributed by atoms with van der Waals surface area (Å²) in [7, 11) is 3.24. The average molecular weight is 475 g/mol. The number of benzene rings is 2. The second-order valence-electron chi connectivity index (χ2n) is 8.79. The molecule has 182 valence electrons. The smallest absolute Gasteiger partial charge is 0.229 e. The normalized spacial score (nSPS) is 15.0. The molecular formula is C27H30N4O4. The van der Waals surface area contributed by atoms with Gasteiger partial charge >= 0.3 is 0 Å². The summed E-state index contributed by atoms with van der Waals surface area (Å²) in [6.45, 7) is 2.90. The Bertz CT molecular complexity index is 1210. The molecule has 1 saturated heterocycles. The van der Waals surface area contributed by atoms with Crippen molar-refractivity contribution in [1.82, 2.24) is 14.9 Å². The van der Waals surface area contributed by atoms with E-state index in [0.717, 1.165) is 48.5 Å². The summed E-state index contributed by atoms with van der Waals surface area (Å²) in [6.07, 6.45) is 3.23. The van der Waals surface area contributed by atoms with E-state index in [1.807, 2.05) is 53.4 Å². The first-order valence-corrected chi connectivity index (χ1v) is 12.0. The van der Waals surface area contributed by atoms with E-state index in [1.165, 1.54) is 0 Å². The van der Waals surface area contributed by atoms with Crippen molar-refractivity contribution in [2.24, 2.45) is 0 Å². The van der Waals surface area contributed by atoms with E-state index >= 15 is 0 Å². The van der Waals surface area contributed by atoms with Gasteiger partial charge in [0.05, 0.1) is 38.4 Å². The predicted molar refractivity (Wildman–Crippen MR) is 132 cm³/mol. The fourth-order valence-electron chi connectivity index (χ4n) is 4.60. The summed E-state index contributed by atoms with van der Waals surface area (Å²) >= 11 is 0. The van der Waals surface area contributed by atoms with Crippen LogP contribution in [-0.2, 0) is 24.2 Å². The van der Waals surface area contributed by atoms with Gasteiger partial charge in [-0.25, -0.2) is 4.98 Å². The van der Waals surface area contributed by atoms with Crippen molar-refractivity contribution in [3.63, 3.8) is 0 Å². The fraction of sp³-hybridized carbons (Fsp3) is 0.370. The van der Waals surface area contributed by atoms with E-state index in [1.54, 1.807) is 14.2 Å². The molecule has 0 N–H and O–H groups in total. The first-order valence-electron chi connectivity index (χ1n) is 12.0. The Morgan fingerprint density at radius 2 is 1.74 bits per heavy atom. The highest BCUT2D eigenvalue weighted by Crippen LogP contribution is 2.36. The van der Waals surface area contributed by atoms with Crippen molar-refractivity contribution in [3.05, 3.63) is 65.4 Å². The number of methoxy groups -OCH3 is 2. The van der Waals surface area contributed by atoms with E-state index in [2.05, 4.69) is 4.90 Å². The van der Waals surface area contributed by atoms with E-state index in [0.29, 0.717) is 49.3 Å². The van der Waals surface area contributed by atoms with Crippen molar-refractivity contribution in [3.8, 4) is 23.1 Å². The van der Waals surface area contributed by atoms with Gasteiger partial charge in [0.1, 0.15) is 5.75 Å². The molecule has 0 aliphatic carbocycles. The maximum absolute atomic E-state index is 13.2. The van der Waals surface area contributed by atoms with Crippen LogP contribution in [0.4, 0.5) is 5.95 Å². The van der Waals surface area contributed by atoms with Crippen molar-refractivity contribution in [2.75, 3.05) is 38.8 Å². The minimum atomic E-state index is 0.0516. The molecule has 0 spiro atoms. The molecule has 5 rings (SSSR count). The topological polar surface area (TPSA) is 77.0 Å². The van der Waals surface area contributed by atoms with Gasteiger partial charge < -0.3 is 24.0 Å². The van der Waals surface area contributed by atoms with Crippen LogP contribution in [0.3, 0.4) is 0 Å². The third-order valence-electron chi connectivity index (χ3n) is 6.52. The molecule has 2 aliphatic rings. The molecule has 3 heterocycles. The Kier molecular flexibility index (Phi) is 6.70. The molecule has 0 radical (unpaired) electrons. The predicted octanol–water partition coefficient (Wildman–Crippen LogP) is 4.01. The molecule has 1 aromatic heterocycles. The second-order valence-corrected chi connectivity index (χ2v) is 8.79. The van der Waals surface area contributed by atoms with Crippen LogP contribution in [0.1, 0.15) is 29.7 Å². The summed E-state index contributed by atoms with van der Waals surface area (Å²) in [5.74, 6) is 3.19. The number of nitrogens with zero attached hydrogens (tertiary/aromatic N) is 4. The number of anilines is 1. The van der Waals surface area contributed by atoms with Crippen LogP contribution in [0.2, 0.25) is 0 Å². The Labute approximate surface area is 205 Å². The van der Waals surface area contributed by atoms with Crippen molar-refractivity contribution < 1.29 is 19.0 Å². The second kappa shape index (κ2) is 10.2. The summed E-state index contributed by atoms with van der Waals surface area (Å²) < 4.78 is 17.1. The van der Waals surface area contributed by atoms with Gasteiger partial charge in [0.15, 0.2) is 11.5 Å². The van der Waals surface area contributed by atoms with Gasteiger partial charge in [-0.3, -0.25) is 4.79 Å². The molecule has 0 bridgehead atoms. The highest BCUT2D eigenvalue weighted by molar-refractivity contribution is 5.79. The van der Waals surface area contributed by atoms with Crippen LogP contribution in [0.25, 0.3) is 0 Å². The van der Waals surface area contributed by atoms with Crippen LogP contribution >= 0.6 is 0 Å². The molecular weight excluding hydrogens is 444 g/mol. The lowest BCUT2D eigenvalue weighted by Crippen LogP contribution is -2.38. The van der Waals surface area contributed by atoms with Crippen LogP contribution in [0, 0.1) is 0 Å². The van der Waals surface area contributed by atoms with E-state index in [9.17, 15) is 4.79 Å². The quantitative estimate of drug-likeness (QED) is 0.512. The maximum Gasteiger partial charge on any atom is 0.229 e. The number of rotatable bonds is 7. The molecule has 0 unspecified atom stereocenters. The van der Waals surface area contributed by atoms with Gasteiger partial charge in [0.2, 0.25) is 17.7 Å². The third-order valence-corrected chi connectivity index (χ3v) is 6.52. The molecule has 1 fully saturated rings. The average Bonchev–Trinajstić information content (AvgIpc) is 3.44. The summed E-state index contributed by atoms with van der Waals surface area (Å²) in [4.78, 5) is 27.0. The van der Waals surface area contributed by atoms with Crippen LogP contribution in [0.15, 0.2) is 48.5 Å². The molecule has 0 atom stereocenters. The zero-order valence-electron chi connectivity index (χ0n) is 20.2. The van der Waals surface area contributed by atoms with Gasteiger partial charge in [-0.05, 0) is 42.7 Å². The van der Waals surface area contributed by atoms with Crippen molar-refractivity contribution in [1.29, 1.82) is 0 Å². The monoisotopic (exact) mass is 474 g/mol. The summed E-state index contributed by atoms with van der Waals surface area (Å²) in [5, 5.41) is 0. The van der Waals surface area contributed by atoms with Crippen LogP contribution < -0.4 is 19.1 Å². The summed E-state index contributed by atoms with van der Waals surface area (Å²) in [6, 6.07) is 15.1. The molecule has 8 heteroatoms. The number of carbonyl (C=O) groups excluding carboxylic acids is 1. The lowest BCUT2D eigenvalue weighted by atomic mass is 10.0. The first kappa shape index (κ1) is 23.0. The van der Waals surface area contributed by atoms with Crippen LogP contribution in [0.5, 0.6) is 23.1 Å². The number of aromatic nitrogens is 2. The lowest BCUT2D eigenvalue weighted by Gasteiger charge is -2.30. The molecule has 2 aromatic carbocycles. The number of fused-ring (bicyclic) bond motifs is 1.